The smallest absolute Gasteiger partial charge is 0.243 e. The first-order valence-electron chi connectivity index (χ1n) is 11.8. The molecule has 1 aliphatic rings. The van der Waals surface area contributed by atoms with Crippen molar-refractivity contribution in [3.05, 3.63) is 58.6 Å². The van der Waals surface area contributed by atoms with Gasteiger partial charge in [0.25, 0.3) is 0 Å². The van der Waals surface area contributed by atoms with Crippen LogP contribution in [0.25, 0.3) is 10.4 Å². The average Bonchev–Trinajstić information content (AvgIpc) is 3.51. The number of likely N-dealkylation sites (tertiary alicyclic amines) is 1. The number of thiazole rings is 1. The molecule has 3 aromatic rings. The summed E-state index contributed by atoms with van der Waals surface area (Å²) in [6, 6.07) is 9.23. The Hall–Kier alpha value is -3.04. The predicted octanol–water partition coefficient (Wildman–Crippen LogP) is 4.30. The zero-order chi connectivity index (χ0) is 25.2. The van der Waals surface area contributed by atoms with E-state index in [0.29, 0.717) is 31.0 Å². The van der Waals surface area contributed by atoms with Crippen LogP contribution in [0.3, 0.4) is 0 Å². The van der Waals surface area contributed by atoms with Gasteiger partial charge in [-0.3, -0.25) is 9.59 Å². The molecule has 1 aromatic carbocycles. The second-order valence-electron chi connectivity index (χ2n) is 9.94. The lowest BCUT2D eigenvalue weighted by Gasteiger charge is -2.25. The highest BCUT2D eigenvalue weighted by Gasteiger charge is 2.41. The maximum Gasteiger partial charge on any atom is 0.243 e. The number of ether oxygens (including phenoxy) is 1. The highest BCUT2D eigenvalue weighted by molar-refractivity contribution is 7.13. The molecule has 0 unspecified atom stereocenters. The van der Waals surface area contributed by atoms with E-state index in [-0.39, 0.29) is 31.4 Å². The van der Waals surface area contributed by atoms with Crippen molar-refractivity contribution in [3.8, 4) is 10.4 Å². The summed E-state index contributed by atoms with van der Waals surface area (Å²) in [7, 11) is 0. The van der Waals surface area contributed by atoms with E-state index in [1.54, 1.807) is 22.3 Å². The lowest BCUT2D eigenvalue weighted by molar-refractivity contribution is -0.138. The molecule has 1 N–H and O–H groups in total. The van der Waals surface area contributed by atoms with E-state index in [9.17, 15) is 9.59 Å². The summed E-state index contributed by atoms with van der Waals surface area (Å²) >= 11 is 1.61. The average molecular weight is 499 g/mol. The quantitative estimate of drug-likeness (QED) is 0.522. The Balaban J connectivity index is 0.00000361. The molecule has 0 bridgehead atoms. The Morgan fingerprint density at radius 2 is 2.00 bits per heavy atom. The number of amides is 2. The summed E-state index contributed by atoms with van der Waals surface area (Å²) in [5.74, 6) is 0.128. The minimum Gasteiger partial charge on any atom is -0.371 e. The van der Waals surface area contributed by atoms with E-state index in [1.165, 1.54) is 0 Å². The van der Waals surface area contributed by atoms with Gasteiger partial charge in [-0.05, 0) is 45.7 Å². The van der Waals surface area contributed by atoms with Crippen molar-refractivity contribution in [1.29, 1.82) is 0 Å². The maximum absolute atomic E-state index is 13.2. The third-order valence-electron chi connectivity index (χ3n) is 5.84. The zero-order valence-corrected chi connectivity index (χ0v) is 21.6. The van der Waals surface area contributed by atoms with Crippen LogP contribution in [0, 0.1) is 13.8 Å². The highest BCUT2D eigenvalue weighted by Crippen LogP contribution is 2.28. The predicted molar refractivity (Wildman–Crippen MR) is 136 cm³/mol. The van der Waals surface area contributed by atoms with Gasteiger partial charge in [0.1, 0.15) is 11.8 Å². The lowest BCUT2D eigenvalue weighted by atomic mass is 10.1. The molecule has 2 amide bonds. The molecule has 1 aliphatic heterocycles. The van der Waals surface area contributed by atoms with Crippen LogP contribution in [0.1, 0.15) is 51.3 Å². The van der Waals surface area contributed by atoms with Gasteiger partial charge in [-0.15, -0.1) is 11.3 Å². The lowest BCUT2D eigenvalue weighted by Crippen LogP contribution is -2.46. The van der Waals surface area contributed by atoms with Gasteiger partial charge in [0, 0.05) is 27.0 Å². The van der Waals surface area contributed by atoms with Gasteiger partial charge in [0.05, 0.1) is 39.9 Å². The van der Waals surface area contributed by atoms with Crippen LogP contribution >= 0.6 is 11.3 Å². The Bertz CT molecular complexity index is 1190. The number of hydrogen-bond donors (Lipinski definition) is 1. The SMILES string of the molecule is Cc1cc(CC(=O)N2C[C@H](OC(C)(C)C)C[C@H]2C(=O)NCc2ccc(-c3scnc3C)cc2)on1.[HH]. The van der Waals surface area contributed by atoms with Gasteiger partial charge in [-0.2, -0.15) is 0 Å². The number of rotatable bonds is 7. The molecule has 4 rings (SSSR count). The summed E-state index contributed by atoms with van der Waals surface area (Å²) in [6.07, 6.45) is 0.298. The molecule has 188 valence electrons. The molecule has 3 heterocycles. The first-order chi connectivity index (χ1) is 16.6. The number of benzene rings is 1. The van der Waals surface area contributed by atoms with Gasteiger partial charge in [-0.1, -0.05) is 29.4 Å². The Labute approximate surface area is 211 Å². The second kappa shape index (κ2) is 10.3. The van der Waals surface area contributed by atoms with Crippen molar-refractivity contribution in [3.63, 3.8) is 0 Å². The van der Waals surface area contributed by atoms with E-state index in [2.05, 4.69) is 15.5 Å². The van der Waals surface area contributed by atoms with Crippen molar-refractivity contribution in [2.45, 2.75) is 71.8 Å². The highest BCUT2D eigenvalue weighted by atomic mass is 32.1. The van der Waals surface area contributed by atoms with Crippen LogP contribution in [-0.4, -0.2) is 51.1 Å². The van der Waals surface area contributed by atoms with Crippen molar-refractivity contribution >= 4 is 23.2 Å². The van der Waals surface area contributed by atoms with Gasteiger partial charge >= 0.3 is 0 Å². The van der Waals surface area contributed by atoms with Gasteiger partial charge in [-0.25, -0.2) is 4.98 Å². The van der Waals surface area contributed by atoms with Crippen molar-refractivity contribution < 1.29 is 20.3 Å². The monoisotopic (exact) mass is 498 g/mol. The maximum atomic E-state index is 13.2. The van der Waals surface area contributed by atoms with Crippen LogP contribution in [0.15, 0.2) is 40.4 Å². The molecule has 0 aliphatic carbocycles. The molecule has 0 saturated carbocycles. The first-order valence-corrected chi connectivity index (χ1v) is 12.6. The second-order valence-corrected chi connectivity index (χ2v) is 10.8. The fourth-order valence-electron chi connectivity index (χ4n) is 4.32. The number of nitrogens with zero attached hydrogens (tertiary/aromatic N) is 3. The molecule has 35 heavy (non-hydrogen) atoms. The number of nitrogens with one attached hydrogen (secondary N) is 1. The molecule has 1 saturated heterocycles. The van der Waals surface area contributed by atoms with Gasteiger partial charge in [0.15, 0.2) is 0 Å². The fourth-order valence-corrected chi connectivity index (χ4v) is 5.13. The molecule has 0 spiro atoms. The van der Waals surface area contributed by atoms with E-state index >= 15 is 0 Å². The summed E-state index contributed by atoms with van der Waals surface area (Å²) in [6.45, 7) is 10.5. The van der Waals surface area contributed by atoms with E-state index in [4.69, 9.17) is 9.26 Å². The fraction of sp³-hybridized carbons (Fsp3) is 0.462. The zero-order valence-electron chi connectivity index (χ0n) is 20.8. The minimum absolute atomic E-state index is 0. The number of carbonyl (C=O) groups excluding carboxylic acids is 2. The van der Waals surface area contributed by atoms with Gasteiger partial charge in [0.2, 0.25) is 11.8 Å². The Morgan fingerprint density at radius 3 is 2.60 bits per heavy atom. The summed E-state index contributed by atoms with van der Waals surface area (Å²) in [5, 5.41) is 6.86. The third kappa shape index (κ3) is 6.35. The molecule has 9 heteroatoms. The molecular formula is C26H34N4O4S. The van der Waals surface area contributed by atoms with E-state index in [1.807, 2.05) is 64.4 Å². The van der Waals surface area contributed by atoms with Gasteiger partial charge < -0.3 is 19.5 Å². The van der Waals surface area contributed by atoms with Crippen molar-refractivity contribution in [2.75, 3.05) is 6.54 Å². The largest absolute Gasteiger partial charge is 0.371 e. The number of carbonyl (C=O) groups is 2. The molecule has 2 atom stereocenters. The van der Waals surface area contributed by atoms with Crippen LogP contribution in [0.5, 0.6) is 0 Å². The van der Waals surface area contributed by atoms with E-state index < -0.39 is 6.04 Å². The molecule has 0 radical (unpaired) electrons. The first kappa shape index (κ1) is 25.1. The Morgan fingerprint density at radius 1 is 1.26 bits per heavy atom. The summed E-state index contributed by atoms with van der Waals surface area (Å²) in [5.41, 5.74) is 5.29. The molecular weight excluding hydrogens is 464 g/mol. The van der Waals surface area contributed by atoms with Crippen LogP contribution in [0.2, 0.25) is 0 Å². The van der Waals surface area contributed by atoms with E-state index in [0.717, 1.165) is 21.7 Å². The topological polar surface area (TPSA) is 97.6 Å². The molecule has 8 nitrogen and oxygen atoms in total. The number of hydrogen-bond acceptors (Lipinski definition) is 7. The standard InChI is InChI=1S/C26H32N4O4S.H2/c1-16-10-20(34-29-16)12-23(31)30-14-21(33-26(3,4)5)11-22(30)25(32)27-13-18-6-8-19(9-7-18)24-17(2)28-15-35-24;/h6-10,15,21-22H,11-14H2,1-5H3,(H,27,32);1H/t21-,22+;/m1./s1. The minimum atomic E-state index is -0.599. The summed E-state index contributed by atoms with van der Waals surface area (Å²) < 4.78 is 11.3. The van der Waals surface area contributed by atoms with Crippen LogP contribution in [-0.2, 0) is 27.3 Å². The molecule has 2 aromatic heterocycles. The van der Waals surface area contributed by atoms with Crippen LogP contribution in [0.4, 0.5) is 0 Å². The third-order valence-corrected chi connectivity index (χ3v) is 6.81. The van der Waals surface area contributed by atoms with Crippen molar-refractivity contribution in [2.24, 2.45) is 0 Å². The normalized spacial score (nSPS) is 18.1. The summed E-state index contributed by atoms with van der Waals surface area (Å²) in [4.78, 5) is 33.4. The Kier molecular flexibility index (Phi) is 7.37. The number of aryl methyl sites for hydroxylation is 2. The van der Waals surface area contributed by atoms with Crippen molar-refractivity contribution in [1.82, 2.24) is 20.4 Å². The molecule has 1 fully saturated rings. The number of aromatic nitrogens is 2. The van der Waals surface area contributed by atoms with Crippen LogP contribution < -0.4 is 5.32 Å².